The Morgan fingerprint density at radius 2 is 1.97 bits per heavy atom. The summed E-state index contributed by atoms with van der Waals surface area (Å²) in [7, 11) is 3.18. The third-order valence-corrected chi connectivity index (χ3v) is 7.27. The summed E-state index contributed by atoms with van der Waals surface area (Å²) in [5, 5.41) is 0.319. The normalized spacial score (nSPS) is 19.5. The lowest BCUT2D eigenvalue weighted by Crippen LogP contribution is -2.40. The number of benzene rings is 1. The van der Waals surface area contributed by atoms with Gasteiger partial charge in [0.15, 0.2) is 0 Å². The number of ether oxygens (including phenoxy) is 1. The monoisotopic (exact) mass is 526 g/mol. The molecule has 2 aromatic heterocycles. The first-order valence-electron chi connectivity index (χ1n) is 12.4. The minimum absolute atomic E-state index is 0.0305. The van der Waals surface area contributed by atoms with Crippen LogP contribution < -0.4 is 5.73 Å². The third kappa shape index (κ3) is 4.34. The topological polar surface area (TPSA) is 98.6 Å². The van der Waals surface area contributed by atoms with Gasteiger partial charge in [-0.3, -0.25) is 9.79 Å². The lowest BCUT2D eigenvalue weighted by atomic mass is 9.98. The van der Waals surface area contributed by atoms with E-state index in [-0.39, 0.29) is 23.1 Å². The number of rotatable bonds is 4. The number of nitrogens with two attached hydrogens (primary N) is 1. The van der Waals surface area contributed by atoms with Crippen molar-refractivity contribution >= 4 is 28.6 Å². The Morgan fingerprint density at radius 3 is 2.63 bits per heavy atom. The van der Waals surface area contributed by atoms with Crippen molar-refractivity contribution in [3.63, 3.8) is 0 Å². The SMILES string of the molecule is CN=CC(=CN)c1nc2cccc(-c3nc(C4CCOCC4)n4c3CN(C)C(=O)C4C)c2cc1C(F)(F)F. The molecule has 2 aliphatic rings. The number of likely N-dealkylation sites (N-methyl/N-ethyl adjacent to an activating group) is 1. The zero-order valence-corrected chi connectivity index (χ0v) is 21.4. The minimum atomic E-state index is -4.68. The molecule has 2 N–H and O–H groups in total. The molecule has 11 heteroatoms. The Kier molecular flexibility index (Phi) is 6.72. The molecule has 1 atom stereocenters. The molecule has 0 bridgehead atoms. The molecule has 2 aliphatic heterocycles. The standard InChI is InChI=1S/C27H29F3N6O2/c1-15-26(37)35(3)14-22-24(34-25(36(15)22)16-7-9-38-10-8-16)18-5-4-6-21-19(18)11-20(27(28,29)30)23(33-21)17(12-31)13-32-2/h4-6,11-13,15-16H,7-10,14,31H2,1-3H3. The molecule has 1 amide bonds. The molecule has 3 aromatic rings. The Labute approximate surface area is 218 Å². The number of alkyl halides is 3. The molecular formula is C27H29F3N6O2. The zero-order valence-electron chi connectivity index (χ0n) is 21.4. The maximum absolute atomic E-state index is 14.3. The van der Waals surface area contributed by atoms with Gasteiger partial charge in [-0.1, -0.05) is 12.1 Å². The maximum Gasteiger partial charge on any atom is 0.418 e. The van der Waals surface area contributed by atoms with Crippen LogP contribution in [0.4, 0.5) is 13.2 Å². The Hall–Kier alpha value is -3.73. The molecule has 0 spiro atoms. The van der Waals surface area contributed by atoms with Gasteiger partial charge in [0.05, 0.1) is 34.7 Å². The van der Waals surface area contributed by atoms with Gasteiger partial charge in [-0.25, -0.2) is 9.97 Å². The number of fused-ring (bicyclic) bond motifs is 2. The number of allylic oxidation sites excluding steroid dienone is 1. The number of halogens is 3. The van der Waals surface area contributed by atoms with Crippen LogP contribution in [0.1, 0.15) is 54.5 Å². The van der Waals surface area contributed by atoms with Crippen LogP contribution >= 0.6 is 0 Å². The molecule has 4 heterocycles. The smallest absolute Gasteiger partial charge is 0.404 e. The summed E-state index contributed by atoms with van der Waals surface area (Å²) in [5.74, 6) is 0.834. The fourth-order valence-corrected chi connectivity index (χ4v) is 5.42. The van der Waals surface area contributed by atoms with Crippen LogP contribution in [0.3, 0.4) is 0 Å². The second-order valence-corrected chi connectivity index (χ2v) is 9.66. The summed E-state index contributed by atoms with van der Waals surface area (Å²) >= 11 is 0. The van der Waals surface area contributed by atoms with E-state index in [0.717, 1.165) is 36.6 Å². The summed E-state index contributed by atoms with van der Waals surface area (Å²) in [6.45, 7) is 3.33. The minimum Gasteiger partial charge on any atom is -0.404 e. The summed E-state index contributed by atoms with van der Waals surface area (Å²) in [5.41, 5.74) is 6.78. The van der Waals surface area contributed by atoms with Crippen LogP contribution in [-0.4, -0.2) is 58.9 Å². The summed E-state index contributed by atoms with van der Waals surface area (Å²) in [6, 6.07) is 5.82. The highest BCUT2D eigenvalue weighted by Crippen LogP contribution is 2.41. The molecule has 200 valence electrons. The quantitative estimate of drug-likeness (QED) is 0.503. The van der Waals surface area contributed by atoms with E-state index in [2.05, 4.69) is 9.98 Å². The number of carbonyl (C=O) groups is 1. The molecular weight excluding hydrogens is 497 g/mol. The van der Waals surface area contributed by atoms with Crippen LogP contribution in [-0.2, 0) is 22.3 Å². The van der Waals surface area contributed by atoms with Gasteiger partial charge in [-0.15, -0.1) is 0 Å². The molecule has 1 saturated heterocycles. The Morgan fingerprint density at radius 1 is 1.24 bits per heavy atom. The summed E-state index contributed by atoms with van der Waals surface area (Å²) in [4.78, 5) is 27.8. The maximum atomic E-state index is 14.3. The van der Waals surface area contributed by atoms with Gasteiger partial charge in [0.2, 0.25) is 5.91 Å². The van der Waals surface area contributed by atoms with Crippen LogP contribution in [0.25, 0.3) is 27.7 Å². The second-order valence-electron chi connectivity index (χ2n) is 9.66. The first-order valence-corrected chi connectivity index (χ1v) is 12.4. The molecule has 0 saturated carbocycles. The van der Waals surface area contributed by atoms with Gasteiger partial charge in [0, 0.05) is 62.2 Å². The number of imidazole rings is 1. The van der Waals surface area contributed by atoms with E-state index in [4.69, 9.17) is 15.5 Å². The van der Waals surface area contributed by atoms with Gasteiger partial charge in [-0.2, -0.15) is 13.2 Å². The molecule has 1 fully saturated rings. The highest BCUT2D eigenvalue weighted by Gasteiger charge is 2.38. The van der Waals surface area contributed by atoms with Crippen LogP contribution in [0, 0.1) is 0 Å². The van der Waals surface area contributed by atoms with Crippen molar-refractivity contribution in [2.75, 3.05) is 27.3 Å². The summed E-state index contributed by atoms with van der Waals surface area (Å²) in [6.07, 6.45) is -0.827. The van der Waals surface area contributed by atoms with E-state index < -0.39 is 17.8 Å². The predicted molar refractivity (Wildman–Crippen MR) is 139 cm³/mol. The second kappa shape index (κ2) is 9.86. The van der Waals surface area contributed by atoms with E-state index in [1.165, 1.54) is 13.3 Å². The van der Waals surface area contributed by atoms with Gasteiger partial charge in [-0.05, 0) is 31.9 Å². The van der Waals surface area contributed by atoms with Crippen molar-refractivity contribution in [2.45, 2.75) is 44.4 Å². The average Bonchev–Trinajstić information content (AvgIpc) is 3.28. The first kappa shape index (κ1) is 25.9. The molecule has 1 aromatic carbocycles. The van der Waals surface area contributed by atoms with Gasteiger partial charge in [0.1, 0.15) is 11.9 Å². The van der Waals surface area contributed by atoms with Crippen LogP contribution in [0.5, 0.6) is 0 Å². The number of aliphatic imine (C=N–C) groups is 1. The highest BCUT2D eigenvalue weighted by atomic mass is 19.4. The molecule has 8 nitrogen and oxygen atoms in total. The zero-order chi connectivity index (χ0) is 27.2. The van der Waals surface area contributed by atoms with E-state index in [0.29, 0.717) is 41.9 Å². The van der Waals surface area contributed by atoms with Crippen molar-refractivity contribution in [2.24, 2.45) is 10.7 Å². The number of hydrogen-bond acceptors (Lipinski definition) is 6. The van der Waals surface area contributed by atoms with E-state index >= 15 is 0 Å². The fraction of sp³-hybridized carbons (Fsp3) is 0.407. The van der Waals surface area contributed by atoms with Crippen molar-refractivity contribution in [1.82, 2.24) is 19.4 Å². The number of nitrogens with zero attached hydrogens (tertiary/aromatic N) is 5. The Bertz CT molecular complexity index is 1450. The molecule has 1 unspecified atom stereocenters. The largest absolute Gasteiger partial charge is 0.418 e. The van der Waals surface area contributed by atoms with Crippen molar-refractivity contribution < 1.29 is 22.7 Å². The average molecular weight is 527 g/mol. The third-order valence-electron chi connectivity index (χ3n) is 7.27. The molecule has 5 rings (SSSR count). The van der Waals surface area contributed by atoms with Crippen molar-refractivity contribution in [1.29, 1.82) is 0 Å². The lowest BCUT2D eigenvalue weighted by Gasteiger charge is -2.32. The molecule has 0 radical (unpaired) electrons. The van der Waals surface area contributed by atoms with Crippen LogP contribution in [0.2, 0.25) is 0 Å². The highest BCUT2D eigenvalue weighted by molar-refractivity contribution is 6.10. The van der Waals surface area contributed by atoms with E-state index in [9.17, 15) is 18.0 Å². The van der Waals surface area contributed by atoms with E-state index in [1.54, 1.807) is 30.1 Å². The predicted octanol–water partition coefficient (Wildman–Crippen LogP) is 4.54. The van der Waals surface area contributed by atoms with Gasteiger partial charge >= 0.3 is 6.18 Å². The molecule has 0 aliphatic carbocycles. The molecule has 38 heavy (non-hydrogen) atoms. The van der Waals surface area contributed by atoms with Crippen LogP contribution in [0.15, 0.2) is 35.5 Å². The number of pyridine rings is 1. The van der Waals surface area contributed by atoms with Crippen molar-refractivity contribution in [3.8, 4) is 11.3 Å². The first-order chi connectivity index (χ1) is 18.2. The van der Waals surface area contributed by atoms with Gasteiger partial charge in [0.25, 0.3) is 0 Å². The number of aromatic nitrogens is 3. The number of carbonyl (C=O) groups excluding carboxylic acids is 1. The lowest BCUT2D eigenvalue weighted by molar-refractivity contribution is -0.138. The summed E-state index contributed by atoms with van der Waals surface area (Å²) < 4.78 is 50.4. The van der Waals surface area contributed by atoms with E-state index in [1.807, 2.05) is 11.5 Å². The number of hydrogen-bond donors (Lipinski definition) is 1. The van der Waals surface area contributed by atoms with Gasteiger partial charge < -0.3 is 19.9 Å². The Balaban J connectivity index is 1.78. The van der Waals surface area contributed by atoms with Crippen molar-refractivity contribution in [3.05, 3.63) is 53.2 Å². The fourth-order valence-electron chi connectivity index (χ4n) is 5.42. The number of amides is 1.